The third kappa shape index (κ3) is 28.2. The van der Waals surface area contributed by atoms with Crippen LogP contribution in [0.3, 0.4) is 0 Å². The molecule has 1 heterocycles. The van der Waals surface area contributed by atoms with E-state index in [2.05, 4.69) is 31.3 Å². The fourth-order valence-corrected chi connectivity index (χ4v) is 7.95. The Bertz CT molecular complexity index is 970. The van der Waals surface area contributed by atoms with Gasteiger partial charge in [0.2, 0.25) is 5.91 Å². The van der Waals surface area contributed by atoms with E-state index in [0.717, 1.165) is 51.4 Å². The fourth-order valence-electron chi connectivity index (χ4n) is 7.95. The van der Waals surface area contributed by atoms with Crippen LogP contribution in [0.5, 0.6) is 0 Å². The predicted molar refractivity (Wildman–Crippen MR) is 238 cm³/mol. The fraction of sp³-hybridized carbons (Fsp3) is 0.938. The molecule has 11 nitrogen and oxygen atoms in total. The second kappa shape index (κ2) is 38.5. The molecule has 1 aliphatic rings. The number of aliphatic hydroxyl groups excluding tert-OH is 7. The summed E-state index contributed by atoms with van der Waals surface area (Å²) in [6.07, 6.45) is 29.9. The molecule has 0 radical (unpaired) electrons. The number of hydrogen-bond donors (Lipinski definition) is 8. The summed E-state index contributed by atoms with van der Waals surface area (Å²) in [5, 5.41) is 75.6. The smallest absolute Gasteiger partial charge is 0.249 e. The largest absolute Gasteiger partial charge is 0.394 e. The Morgan fingerprint density at radius 1 is 0.576 bits per heavy atom. The molecule has 0 aromatic carbocycles. The van der Waals surface area contributed by atoms with Crippen LogP contribution in [0.15, 0.2) is 12.2 Å². The van der Waals surface area contributed by atoms with E-state index in [9.17, 15) is 40.5 Å². The summed E-state index contributed by atoms with van der Waals surface area (Å²) in [5.41, 5.74) is 0. The summed E-state index contributed by atoms with van der Waals surface area (Å²) in [7, 11) is 0. The average Bonchev–Trinajstić information content (AvgIpc) is 3.23. The zero-order valence-electron chi connectivity index (χ0n) is 37.7. The lowest BCUT2D eigenvalue weighted by molar-refractivity contribution is -0.303. The monoisotopic (exact) mass is 844 g/mol. The Kier molecular flexibility index (Phi) is 36.5. The van der Waals surface area contributed by atoms with Crippen molar-refractivity contribution in [1.29, 1.82) is 0 Å². The molecule has 1 fully saturated rings. The molecule has 0 saturated carbocycles. The second-order valence-electron chi connectivity index (χ2n) is 17.5. The Labute approximate surface area is 360 Å². The van der Waals surface area contributed by atoms with Gasteiger partial charge in [-0.25, -0.2) is 0 Å². The molecule has 59 heavy (non-hydrogen) atoms. The van der Waals surface area contributed by atoms with Crippen molar-refractivity contribution in [2.45, 2.75) is 274 Å². The predicted octanol–water partition coefficient (Wildman–Crippen LogP) is 8.45. The molecule has 0 aliphatic carbocycles. The van der Waals surface area contributed by atoms with E-state index in [4.69, 9.17) is 9.47 Å². The molecule has 8 N–H and O–H groups in total. The van der Waals surface area contributed by atoms with Crippen LogP contribution in [0, 0.1) is 0 Å². The van der Waals surface area contributed by atoms with Gasteiger partial charge in [-0.15, -0.1) is 0 Å². The first-order chi connectivity index (χ1) is 28.7. The van der Waals surface area contributed by atoms with Gasteiger partial charge in [0.1, 0.15) is 36.6 Å². The molecule has 0 aromatic heterocycles. The van der Waals surface area contributed by atoms with Crippen molar-refractivity contribution in [1.82, 2.24) is 5.32 Å². The average molecular weight is 844 g/mol. The lowest BCUT2D eigenvalue weighted by atomic mass is 9.98. The van der Waals surface area contributed by atoms with Crippen LogP contribution in [0.25, 0.3) is 0 Å². The van der Waals surface area contributed by atoms with Gasteiger partial charge in [0.15, 0.2) is 6.29 Å². The number of allylic oxidation sites excluding steroid dienone is 2. The summed E-state index contributed by atoms with van der Waals surface area (Å²) in [5.74, 6) is -0.707. The molecule has 11 heteroatoms. The number of rotatable bonds is 41. The minimum Gasteiger partial charge on any atom is -0.394 e. The van der Waals surface area contributed by atoms with E-state index in [1.54, 1.807) is 0 Å². The van der Waals surface area contributed by atoms with Crippen molar-refractivity contribution in [3.8, 4) is 0 Å². The van der Waals surface area contributed by atoms with Crippen LogP contribution in [0.1, 0.15) is 219 Å². The van der Waals surface area contributed by atoms with Gasteiger partial charge in [-0.1, -0.05) is 199 Å². The molecule has 1 amide bonds. The van der Waals surface area contributed by atoms with Crippen LogP contribution >= 0.6 is 0 Å². The van der Waals surface area contributed by atoms with Crippen LogP contribution in [0.2, 0.25) is 0 Å². The Morgan fingerprint density at radius 2 is 1.00 bits per heavy atom. The number of hydrogen-bond acceptors (Lipinski definition) is 10. The van der Waals surface area contributed by atoms with E-state index in [0.29, 0.717) is 19.3 Å². The summed E-state index contributed by atoms with van der Waals surface area (Å²) >= 11 is 0. The first-order valence-corrected chi connectivity index (χ1v) is 24.6. The molecule has 0 aromatic rings. The van der Waals surface area contributed by atoms with Crippen molar-refractivity contribution in [2.24, 2.45) is 0 Å². The minimum absolute atomic E-state index is 0.247. The maximum absolute atomic E-state index is 13.0. The topological polar surface area (TPSA) is 189 Å². The summed E-state index contributed by atoms with van der Waals surface area (Å²) < 4.78 is 11.1. The number of carbonyl (C=O) groups is 1. The van der Waals surface area contributed by atoms with Gasteiger partial charge in [-0.05, 0) is 32.1 Å². The molecule has 1 aliphatic heterocycles. The van der Waals surface area contributed by atoms with Crippen molar-refractivity contribution >= 4 is 5.91 Å². The van der Waals surface area contributed by atoms with Crippen molar-refractivity contribution < 1.29 is 50.0 Å². The highest BCUT2D eigenvalue weighted by molar-refractivity contribution is 5.80. The van der Waals surface area contributed by atoms with E-state index >= 15 is 0 Å². The number of ether oxygens (including phenoxy) is 2. The minimum atomic E-state index is -1.66. The summed E-state index contributed by atoms with van der Waals surface area (Å²) in [6.45, 7) is 3.40. The van der Waals surface area contributed by atoms with Crippen molar-refractivity contribution in [3.05, 3.63) is 12.2 Å². The van der Waals surface area contributed by atoms with Gasteiger partial charge >= 0.3 is 0 Å². The highest BCUT2D eigenvalue weighted by Crippen LogP contribution is 2.23. The standard InChI is InChI=1S/C48H93NO10/c1-3-5-7-9-11-13-15-16-17-18-19-20-21-22-23-24-25-26-28-29-31-33-35-40(51)43(53)39(38-58-48-46(56)45(55)44(54)42(37-50)59-48)49-47(57)41(52)36-34-32-30-27-14-12-10-8-6-4-2/h10,12,39-46,48,50-56H,3-9,11,13-38H2,1-2H3,(H,49,57)/b12-10-. The number of nitrogens with one attached hydrogen (secondary N) is 1. The highest BCUT2D eigenvalue weighted by atomic mass is 16.7. The molecular weight excluding hydrogens is 751 g/mol. The normalized spacial score (nSPS) is 21.8. The Hall–Kier alpha value is -1.15. The highest BCUT2D eigenvalue weighted by Gasteiger charge is 2.44. The lowest BCUT2D eigenvalue weighted by Crippen LogP contribution is -2.60. The summed E-state index contributed by atoms with van der Waals surface area (Å²) in [6, 6.07) is -1.17. The molecule has 350 valence electrons. The molecular formula is C48H93NO10. The lowest BCUT2D eigenvalue weighted by Gasteiger charge is -2.40. The van der Waals surface area contributed by atoms with Gasteiger partial charge in [0.25, 0.3) is 0 Å². The van der Waals surface area contributed by atoms with Crippen molar-refractivity contribution in [2.75, 3.05) is 13.2 Å². The number of aliphatic hydroxyl groups is 7. The van der Waals surface area contributed by atoms with Gasteiger partial charge in [-0.2, -0.15) is 0 Å². The maximum atomic E-state index is 13.0. The SMILES string of the molecule is CCCC/C=C\CCCCCCC(O)C(=O)NC(COC1OC(CO)C(O)C(O)C1O)C(O)C(O)CCCCCCCCCCCCCCCCCCCCCCCC. The third-order valence-corrected chi connectivity index (χ3v) is 12.1. The number of carbonyl (C=O) groups excluding carboxylic acids is 1. The van der Waals surface area contributed by atoms with Gasteiger partial charge in [0.05, 0.1) is 25.4 Å². The zero-order valence-corrected chi connectivity index (χ0v) is 37.7. The molecule has 9 atom stereocenters. The molecule has 0 bridgehead atoms. The van der Waals surface area contributed by atoms with Crippen LogP contribution in [0.4, 0.5) is 0 Å². The van der Waals surface area contributed by atoms with Crippen LogP contribution < -0.4 is 5.32 Å². The Balaban J connectivity index is 2.35. The molecule has 1 rings (SSSR count). The quantitative estimate of drug-likeness (QED) is 0.0219. The van der Waals surface area contributed by atoms with Gasteiger partial charge < -0.3 is 50.5 Å². The zero-order chi connectivity index (χ0) is 43.4. The van der Waals surface area contributed by atoms with E-state index < -0.39 is 74.2 Å². The van der Waals surface area contributed by atoms with Gasteiger partial charge in [0, 0.05) is 0 Å². The first-order valence-electron chi connectivity index (χ1n) is 24.6. The van der Waals surface area contributed by atoms with Crippen LogP contribution in [-0.2, 0) is 14.3 Å². The summed E-state index contributed by atoms with van der Waals surface area (Å²) in [4.78, 5) is 13.0. The second-order valence-corrected chi connectivity index (χ2v) is 17.5. The third-order valence-electron chi connectivity index (χ3n) is 12.1. The van der Waals surface area contributed by atoms with Crippen molar-refractivity contribution in [3.63, 3.8) is 0 Å². The maximum Gasteiger partial charge on any atom is 0.249 e. The van der Waals surface area contributed by atoms with E-state index in [-0.39, 0.29) is 6.42 Å². The first kappa shape index (κ1) is 55.9. The van der Waals surface area contributed by atoms with E-state index in [1.165, 1.54) is 128 Å². The molecule has 9 unspecified atom stereocenters. The molecule has 1 saturated heterocycles. The van der Waals surface area contributed by atoms with E-state index in [1.807, 2.05) is 0 Å². The van der Waals surface area contributed by atoms with Gasteiger partial charge in [-0.3, -0.25) is 4.79 Å². The Morgan fingerprint density at radius 3 is 1.47 bits per heavy atom. The molecule has 0 spiro atoms. The number of unbranched alkanes of at least 4 members (excludes halogenated alkanes) is 27. The van der Waals surface area contributed by atoms with Crippen LogP contribution in [-0.4, -0.2) is 110 Å². The number of amides is 1.